The Morgan fingerprint density at radius 1 is 1.10 bits per heavy atom. The quantitative estimate of drug-likeness (QED) is 0.594. The van der Waals surface area contributed by atoms with E-state index in [0.717, 1.165) is 42.8 Å². The SMILES string of the molecule is CC1=NNC(c2c(-c3ccc(C4CCNCC4)cc3)ccc(Br)c2S(N)(=O)=O)=NCC1. The summed E-state index contributed by atoms with van der Waals surface area (Å²) < 4.78 is 25.5. The molecule has 4 rings (SSSR count). The number of piperidine rings is 1. The van der Waals surface area contributed by atoms with Crippen LogP contribution in [0.25, 0.3) is 11.1 Å². The molecule has 2 aliphatic heterocycles. The summed E-state index contributed by atoms with van der Waals surface area (Å²) in [4.78, 5) is 4.59. The van der Waals surface area contributed by atoms with Crippen molar-refractivity contribution in [2.45, 2.75) is 37.0 Å². The molecule has 0 spiro atoms. The number of halogens is 1. The van der Waals surface area contributed by atoms with Crippen LogP contribution in [0.15, 0.2) is 55.9 Å². The summed E-state index contributed by atoms with van der Waals surface area (Å²) in [6.07, 6.45) is 2.95. The molecule has 0 bridgehead atoms. The van der Waals surface area contributed by atoms with Gasteiger partial charge in [0.1, 0.15) is 4.90 Å². The van der Waals surface area contributed by atoms with Crippen LogP contribution in [0.2, 0.25) is 0 Å². The maximum atomic E-state index is 12.5. The molecule has 0 saturated carbocycles. The third-order valence-corrected chi connectivity index (χ3v) is 7.68. The van der Waals surface area contributed by atoms with E-state index in [0.29, 0.717) is 34.8 Å². The highest BCUT2D eigenvalue weighted by atomic mass is 79.9. The molecule has 31 heavy (non-hydrogen) atoms. The van der Waals surface area contributed by atoms with Crippen LogP contribution in [0.1, 0.15) is 43.2 Å². The fourth-order valence-electron chi connectivity index (χ4n) is 4.11. The second kappa shape index (κ2) is 9.20. The van der Waals surface area contributed by atoms with Crippen LogP contribution in [-0.4, -0.2) is 39.6 Å². The van der Waals surface area contributed by atoms with Crippen molar-refractivity contribution in [3.05, 3.63) is 52.0 Å². The van der Waals surface area contributed by atoms with Crippen molar-refractivity contribution in [3.63, 3.8) is 0 Å². The number of nitrogens with one attached hydrogen (secondary N) is 2. The van der Waals surface area contributed by atoms with Crippen molar-refractivity contribution in [2.75, 3.05) is 19.6 Å². The third-order valence-electron chi connectivity index (χ3n) is 5.76. The maximum absolute atomic E-state index is 12.5. The van der Waals surface area contributed by atoms with Gasteiger partial charge in [0.2, 0.25) is 10.0 Å². The maximum Gasteiger partial charge on any atom is 0.239 e. The van der Waals surface area contributed by atoms with E-state index < -0.39 is 10.0 Å². The summed E-state index contributed by atoms with van der Waals surface area (Å²) in [7, 11) is -4.02. The van der Waals surface area contributed by atoms with E-state index in [9.17, 15) is 8.42 Å². The Kier molecular flexibility index (Phi) is 6.57. The molecule has 0 atom stereocenters. The molecule has 2 heterocycles. The minimum absolute atomic E-state index is 0.00781. The van der Waals surface area contributed by atoms with Crippen LogP contribution in [-0.2, 0) is 10.0 Å². The van der Waals surface area contributed by atoms with E-state index in [-0.39, 0.29) is 4.90 Å². The van der Waals surface area contributed by atoms with E-state index in [4.69, 9.17) is 5.14 Å². The van der Waals surface area contributed by atoms with Crippen molar-refractivity contribution < 1.29 is 8.42 Å². The van der Waals surface area contributed by atoms with Gasteiger partial charge in [0, 0.05) is 28.7 Å². The van der Waals surface area contributed by atoms with Crippen molar-refractivity contribution >= 4 is 37.5 Å². The van der Waals surface area contributed by atoms with E-state index in [1.807, 2.05) is 25.1 Å². The van der Waals surface area contributed by atoms with Crippen molar-refractivity contribution in [1.29, 1.82) is 0 Å². The van der Waals surface area contributed by atoms with E-state index in [1.165, 1.54) is 5.56 Å². The van der Waals surface area contributed by atoms with Crippen LogP contribution in [0, 0.1) is 0 Å². The lowest BCUT2D eigenvalue weighted by Crippen LogP contribution is -2.26. The molecule has 2 aromatic rings. The van der Waals surface area contributed by atoms with Gasteiger partial charge in [-0.15, -0.1) is 0 Å². The zero-order valence-corrected chi connectivity index (χ0v) is 19.8. The number of hydrogen-bond acceptors (Lipinski definition) is 6. The summed E-state index contributed by atoms with van der Waals surface area (Å²) in [6, 6.07) is 12.0. The number of nitrogens with two attached hydrogens (primary N) is 1. The first kappa shape index (κ1) is 22.1. The summed E-state index contributed by atoms with van der Waals surface area (Å²) in [5.41, 5.74) is 7.24. The van der Waals surface area contributed by atoms with Crippen LogP contribution in [0.3, 0.4) is 0 Å². The molecule has 0 aliphatic carbocycles. The lowest BCUT2D eigenvalue weighted by molar-refractivity contribution is 0.460. The summed E-state index contributed by atoms with van der Waals surface area (Å²) >= 11 is 3.37. The molecule has 4 N–H and O–H groups in total. The fraction of sp³-hybridized carbons (Fsp3) is 0.364. The first-order chi connectivity index (χ1) is 14.8. The number of rotatable bonds is 4. The van der Waals surface area contributed by atoms with Gasteiger partial charge in [-0.3, -0.25) is 10.4 Å². The summed E-state index contributed by atoms with van der Waals surface area (Å²) in [6.45, 7) is 4.49. The highest BCUT2D eigenvalue weighted by Crippen LogP contribution is 2.35. The van der Waals surface area contributed by atoms with Gasteiger partial charge in [0.25, 0.3) is 0 Å². The Hall–Kier alpha value is -2.07. The zero-order valence-electron chi connectivity index (χ0n) is 17.4. The van der Waals surface area contributed by atoms with Gasteiger partial charge < -0.3 is 5.32 Å². The number of primary sulfonamides is 1. The number of hydrogen-bond donors (Lipinski definition) is 3. The van der Waals surface area contributed by atoms with Crippen molar-refractivity contribution in [2.24, 2.45) is 15.2 Å². The minimum Gasteiger partial charge on any atom is -0.317 e. The highest BCUT2D eigenvalue weighted by Gasteiger charge is 2.26. The third kappa shape index (κ3) is 4.90. The first-order valence-electron chi connectivity index (χ1n) is 10.3. The molecule has 7 nitrogen and oxygen atoms in total. The lowest BCUT2D eigenvalue weighted by Gasteiger charge is -2.23. The van der Waals surface area contributed by atoms with Gasteiger partial charge in [-0.1, -0.05) is 30.3 Å². The normalized spacial score (nSPS) is 18.0. The Morgan fingerprint density at radius 2 is 1.81 bits per heavy atom. The molecule has 0 amide bonds. The van der Waals surface area contributed by atoms with Gasteiger partial charge in [0.05, 0.1) is 0 Å². The molecule has 2 aromatic carbocycles. The van der Waals surface area contributed by atoms with E-state index >= 15 is 0 Å². The average molecular weight is 504 g/mol. The minimum atomic E-state index is -4.02. The van der Waals surface area contributed by atoms with Gasteiger partial charge >= 0.3 is 0 Å². The monoisotopic (exact) mass is 503 g/mol. The zero-order chi connectivity index (χ0) is 22.0. The number of amidine groups is 1. The van der Waals surface area contributed by atoms with E-state index in [1.54, 1.807) is 6.07 Å². The predicted molar refractivity (Wildman–Crippen MR) is 128 cm³/mol. The Labute approximate surface area is 191 Å². The summed E-state index contributed by atoms with van der Waals surface area (Å²) in [5.74, 6) is 0.949. The second-order valence-electron chi connectivity index (χ2n) is 7.93. The molecule has 164 valence electrons. The molecule has 9 heteroatoms. The average Bonchev–Trinajstić information content (AvgIpc) is 2.98. The highest BCUT2D eigenvalue weighted by molar-refractivity contribution is 9.10. The Bertz CT molecular complexity index is 1140. The van der Waals surface area contributed by atoms with Crippen LogP contribution < -0.4 is 15.9 Å². The van der Waals surface area contributed by atoms with E-state index in [2.05, 4.69) is 48.9 Å². The van der Waals surface area contributed by atoms with Crippen molar-refractivity contribution in [1.82, 2.24) is 10.7 Å². The number of nitrogens with zero attached hydrogens (tertiary/aromatic N) is 2. The fourth-order valence-corrected chi connectivity index (χ4v) is 5.94. The van der Waals surface area contributed by atoms with Crippen LogP contribution in [0.5, 0.6) is 0 Å². The van der Waals surface area contributed by atoms with Gasteiger partial charge in [0.15, 0.2) is 5.84 Å². The number of sulfonamides is 1. The number of benzene rings is 2. The van der Waals surface area contributed by atoms with Crippen LogP contribution >= 0.6 is 15.9 Å². The standard InChI is InChI=1S/C22H26BrN5O2S/c1-14-8-13-26-22(28-27-14)20-18(6-7-19(23)21(20)31(24,29)30)17-4-2-15(3-5-17)16-9-11-25-12-10-16/h2-7,16,25H,8-13H2,1H3,(H,26,28)(H2,24,29,30). The van der Waals surface area contributed by atoms with Gasteiger partial charge in [-0.05, 0) is 77.5 Å². The smallest absolute Gasteiger partial charge is 0.239 e. The molecular formula is C22H26BrN5O2S. The van der Waals surface area contributed by atoms with Crippen molar-refractivity contribution in [3.8, 4) is 11.1 Å². The Morgan fingerprint density at radius 3 is 2.48 bits per heavy atom. The Balaban J connectivity index is 1.83. The lowest BCUT2D eigenvalue weighted by atomic mass is 9.88. The predicted octanol–water partition coefficient (Wildman–Crippen LogP) is 3.35. The van der Waals surface area contributed by atoms with Gasteiger partial charge in [-0.2, -0.15) is 5.10 Å². The molecule has 0 unspecified atom stereocenters. The van der Waals surface area contributed by atoms with Crippen LogP contribution in [0.4, 0.5) is 0 Å². The topological polar surface area (TPSA) is 109 Å². The molecular weight excluding hydrogens is 478 g/mol. The number of hydrazone groups is 1. The second-order valence-corrected chi connectivity index (χ2v) is 10.3. The molecule has 0 radical (unpaired) electrons. The summed E-state index contributed by atoms with van der Waals surface area (Å²) in [5, 5.41) is 13.3. The molecule has 2 aliphatic rings. The number of aliphatic imine (C=N–C) groups is 1. The molecule has 1 saturated heterocycles. The van der Waals surface area contributed by atoms with Gasteiger partial charge in [-0.25, -0.2) is 13.6 Å². The molecule has 0 aromatic heterocycles. The largest absolute Gasteiger partial charge is 0.317 e. The first-order valence-corrected chi connectivity index (χ1v) is 12.7. The molecule has 1 fully saturated rings.